The van der Waals surface area contributed by atoms with E-state index >= 15 is 0 Å². The Morgan fingerprint density at radius 1 is 1.23 bits per heavy atom. The van der Waals surface area contributed by atoms with Gasteiger partial charge < -0.3 is 10.6 Å². The molecule has 76 valence electrons. The summed E-state index contributed by atoms with van der Waals surface area (Å²) in [5.74, 6) is -0.681. The van der Waals surface area contributed by atoms with E-state index < -0.39 is 0 Å². The molecule has 0 saturated carbocycles. The van der Waals surface area contributed by atoms with Crippen LogP contribution in [0.5, 0.6) is 0 Å². The molecule has 0 fully saturated rings. The molecule has 0 aliphatic carbocycles. The molecule has 13 heavy (non-hydrogen) atoms. The van der Waals surface area contributed by atoms with Crippen LogP contribution in [0.2, 0.25) is 0 Å². The van der Waals surface area contributed by atoms with E-state index in [1.165, 1.54) is 0 Å². The predicted octanol–water partition coefficient (Wildman–Crippen LogP) is 0.256. The van der Waals surface area contributed by atoms with Crippen LogP contribution < -0.4 is 10.6 Å². The summed E-state index contributed by atoms with van der Waals surface area (Å²) < 4.78 is 0. The van der Waals surface area contributed by atoms with Crippen molar-refractivity contribution in [2.45, 2.75) is 26.3 Å². The van der Waals surface area contributed by atoms with Crippen molar-refractivity contribution >= 4 is 23.4 Å². The van der Waals surface area contributed by atoms with Gasteiger partial charge in [0, 0.05) is 5.54 Å². The van der Waals surface area contributed by atoms with Gasteiger partial charge in [-0.15, -0.1) is 11.6 Å². The van der Waals surface area contributed by atoms with Crippen LogP contribution in [0, 0.1) is 0 Å². The van der Waals surface area contributed by atoms with Gasteiger partial charge in [0.2, 0.25) is 11.8 Å². The Bertz CT molecular complexity index is 199. The Morgan fingerprint density at radius 3 is 2.15 bits per heavy atom. The van der Waals surface area contributed by atoms with E-state index in [0.29, 0.717) is 0 Å². The molecule has 0 aliphatic heterocycles. The highest BCUT2D eigenvalue weighted by molar-refractivity contribution is 6.27. The molecule has 0 rings (SSSR count). The van der Waals surface area contributed by atoms with Gasteiger partial charge in [-0.2, -0.15) is 0 Å². The van der Waals surface area contributed by atoms with Crippen LogP contribution in [-0.4, -0.2) is 29.8 Å². The normalized spacial score (nSPS) is 10.8. The lowest BCUT2D eigenvalue weighted by Crippen LogP contribution is -2.46. The smallest absolute Gasteiger partial charge is 0.239 e. The lowest BCUT2D eigenvalue weighted by molar-refractivity contribution is -0.125. The van der Waals surface area contributed by atoms with Gasteiger partial charge in [0.05, 0.1) is 6.54 Å². The number of hydrogen-bond acceptors (Lipinski definition) is 2. The molecule has 0 spiro atoms. The van der Waals surface area contributed by atoms with Crippen molar-refractivity contribution in [2.75, 3.05) is 12.4 Å². The third kappa shape index (κ3) is 7.59. The van der Waals surface area contributed by atoms with Crippen molar-refractivity contribution in [2.24, 2.45) is 0 Å². The van der Waals surface area contributed by atoms with Crippen LogP contribution >= 0.6 is 11.6 Å². The minimum atomic E-state index is -0.342. The minimum Gasteiger partial charge on any atom is -0.350 e. The van der Waals surface area contributed by atoms with Crippen molar-refractivity contribution in [1.82, 2.24) is 10.6 Å². The molecule has 2 amide bonds. The van der Waals surface area contributed by atoms with E-state index in [-0.39, 0.29) is 29.8 Å². The number of amides is 2. The van der Waals surface area contributed by atoms with Gasteiger partial charge >= 0.3 is 0 Å². The van der Waals surface area contributed by atoms with E-state index in [1.807, 2.05) is 20.8 Å². The average molecular weight is 207 g/mol. The number of hydrogen-bond donors (Lipinski definition) is 2. The largest absolute Gasteiger partial charge is 0.350 e. The zero-order valence-corrected chi connectivity index (χ0v) is 8.86. The third-order valence-electron chi connectivity index (χ3n) is 1.08. The molecule has 0 saturated heterocycles. The first-order valence-corrected chi connectivity index (χ1v) is 4.52. The molecule has 0 bridgehead atoms. The first-order valence-electron chi connectivity index (χ1n) is 3.99. The number of rotatable bonds is 3. The number of halogens is 1. The predicted molar refractivity (Wildman–Crippen MR) is 51.6 cm³/mol. The maximum absolute atomic E-state index is 11.1. The lowest BCUT2D eigenvalue weighted by atomic mass is 10.1. The van der Waals surface area contributed by atoms with Gasteiger partial charge in [-0.05, 0) is 20.8 Å². The van der Waals surface area contributed by atoms with E-state index in [4.69, 9.17) is 11.6 Å². The molecule has 0 aromatic rings. The molecule has 0 heterocycles. The fraction of sp³-hybridized carbons (Fsp3) is 0.750. The van der Waals surface area contributed by atoms with Crippen LogP contribution in [-0.2, 0) is 9.59 Å². The number of alkyl halides is 1. The molecule has 5 heteroatoms. The third-order valence-corrected chi connectivity index (χ3v) is 1.32. The van der Waals surface area contributed by atoms with E-state index in [1.54, 1.807) is 0 Å². The molecule has 0 aromatic carbocycles. The average Bonchev–Trinajstić information content (AvgIpc) is 1.97. The summed E-state index contributed by atoms with van der Waals surface area (Å²) in [6, 6.07) is 0. The fourth-order valence-corrected chi connectivity index (χ4v) is 0.783. The lowest BCUT2D eigenvalue weighted by Gasteiger charge is -2.20. The summed E-state index contributed by atoms with van der Waals surface area (Å²) >= 11 is 5.22. The molecule has 0 aromatic heterocycles. The Labute approximate surface area is 83.0 Å². The SMILES string of the molecule is CC(C)(C)NC(=O)CNC(=O)CCl. The van der Waals surface area contributed by atoms with Crippen molar-refractivity contribution < 1.29 is 9.59 Å². The van der Waals surface area contributed by atoms with Crippen LogP contribution in [0.25, 0.3) is 0 Å². The summed E-state index contributed by atoms with van der Waals surface area (Å²) in [6.45, 7) is 5.58. The monoisotopic (exact) mass is 206 g/mol. The standard InChI is InChI=1S/C8H15ClN2O2/c1-8(2,3)11-7(13)5-10-6(12)4-9/h4-5H2,1-3H3,(H,10,12)(H,11,13). The number of carbonyl (C=O) groups excluding carboxylic acids is 2. The maximum Gasteiger partial charge on any atom is 0.239 e. The second-order valence-corrected chi connectivity index (χ2v) is 3.98. The van der Waals surface area contributed by atoms with E-state index in [9.17, 15) is 9.59 Å². The molecule has 4 nitrogen and oxygen atoms in total. The van der Waals surface area contributed by atoms with Crippen molar-refractivity contribution in [1.29, 1.82) is 0 Å². The molecule has 2 N–H and O–H groups in total. The molecule has 0 atom stereocenters. The molecular weight excluding hydrogens is 192 g/mol. The summed E-state index contributed by atoms with van der Waals surface area (Å²) in [6.07, 6.45) is 0. The molecule has 0 unspecified atom stereocenters. The van der Waals surface area contributed by atoms with Gasteiger partial charge in [0.15, 0.2) is 0 Å². The first kappa shape index (κ1) is 12.2. The first-order chi connectivity index (χ1) is 5.85. The second kappa shape index (κ2) is 5.07. The van der Waals surface area contributed by atoms with Gasteiger partial charge in [0.25, 0.3) is 0 Å². The topological polar surface area (TPSA) is 58.2 Å². The highest BCUT2D eigenvalue weighted by Crippen LogP contribution is 1.96. The maximum atomic E-state index is 11.1. The summed E-state index contributed by atoms with van der Waals surface area (Å²) in [7, 11) is 0. The summed E-state index contributed by atoms with van der Waals surface area (Å²) in [4.78, 5) is 21.8. The van der Waals surface area contributed by atoms with Gasteiger partial charge in [-0.3, -0.25) is 9.59 Å². The Balaban J connectivity index is 3.71. The Hall–Kier alpha value is -0.770. The van der Waals surface area contributed by atoms with Gasteiger partial charge in [-0.25, -0.2) is 0 Å². The number of nitrogens with one attached hydrogen (secondary N) is 2. The van der Waals surface area contributed by atoms with Crippen molar-refractivity contribution in [3.63, 3.8) is 0 Å². The highest BCUT2D eigenvalue weighted by Gasteiger charge is 2.13. The van der Waals surface area contributed by atoms with Crippen molar-refractivity contribution in [3.8, 4) is 0 Å². The zero-order valence-electron chi connectivity index (χ0n) is 8.11. The number of carbonyl (C=O) groups is 2. The van der Waals surface area contributed by atoms with Crippen LogP contribution in [0.3, 0.4) is 0 Å². The highest BCUT2D eigenvalue weighted by atomic mass is 35.5. The van der Waals surface area contributed by atoms with Crippen LogP contribution in [0.4, 0.5) is 0 Å². The van der Waals surface area contributed by atoms with Gasteiger partial charge in [-0.1, -0.05) is 0 Å². The molecular formula is C8H15ClN2O2. The molecule has 0 radical (unpaired) electrons. The Morgan fingerprint density at radius 2 is 1.77 bits per heavy atom. The Kier molecular flexibility index (Phi) is 4.77. The summed E-state index contributed by atoms with van der Waals surface area (Å²) in [5, 5.41) is 5.07. The van der Waals surface area contributed by atoms with E-state index in [2.05, 4.69) is 10.6 Å². The van der Waals surface area contributed by atoms with Crippen LogP contribution in [0.1, 0.15) is 20.8 Å². The van der Waals surface area contributed by atoms with E-state index in [0.717, 1.165) is 0 Å². The summed E-state index contributed by atoms with van der Waals surface area (Å²) in [5.41, 5.74) is -0.275. The minimum absolute atomic E-state index is 0.0250. The van der Waals surface area contributed by atoms with Crippen molar-refractivity contribution in [3.05, 3.63) is 0 Å². The zero-order chi connectivity index (χ0) is 10.5. The fourth-order valence-electron chi connectivity index (χ4n) is 0.689. The van der Waals surface area contributed by atoms with Gasteiger partial charge in [0.1, 0.15) is 5.88 Å². The second-order valence-electron chi connectivity index (χ2n) is 3.71. The quantitative estimate of drug-likeness (QED) is 0.651. The van der Waals surface area contributed by atoms with Crippen LogP contribution in [0.15, 0.2) is 0 Å². The molecule has 0 aliphatic rings.